The molecule has 0 amide bonds. The second-order valence-corrected chi connectivity index (χ2v) is 6.59. The Bertz CT molecular complexity index is 469. The predicted molar refractivity (Wildman–Crippen MR) is 86.8 cm³/mol. The smallest absolute Gasteiger partial charge is 0.133 e. The quantitative estimate of drug-likeness (QED) is 0.904. The summed E-state index contributed by atoms with van der Waals surface area (Å²) in [5.74, 6) is 1.52. The van der Waals surface area contributed by atoms with Gasteiger partial charge in [0.25, 0.3) is 0 Å². The molecule has 2 rings (SSSR count). The van der Waals surface area contributed by atoms with E-state index in [4.69, 9.17) is 0 Å². The van der Waals surface area contributed by atoms with Gasteiger partial charge in [0.2, 0.25) is 0 Å². The summed E-state index contributed by atoms with van der Waals surface area (Å²) in [5.41, 5.74) is 0.485. The maximum absolute atomic E-state index is 9.73. The number of nitrogens with one attached hydrogen (secondary N) is 1. The molecule has 1 aromatic carbocycles. The Morgan fingerprint density at radius 2 is 1.86 bits per heavy atom. The summed E-state index contributed by atoms with van der Waals surface area (Å²) in [4.78, 5) is 2.52. The van der Waals surface area contributed by atoms with Gasteiger partial charge in [0.1, 0.15) is 5.54 Å². The van der Waals surface area contributed by atoms with Crippen molar-refractivity contribution < 1.29 is 0 Å². The number of likely N-dealkylation sites (tertiary alicyclic amines) is 1. The largest absolute Gasteiger partial charge is 0.303 e. The van der Waals surface area contributed by atoms with Crippen molar-refractivity contribution in [1.82, 2.24) is 10.2 Å². The summed E-state index contributed by atoms with van der Waals surface area (Å²) in [6.45, 7) is 7.94. The van der Waals surface area contributed by atoms with Crippen molar-refractivity contribution in [3.05, 3.63) is 35.9 Å². The highest BCUT2D eigenvalue weighted by molar-refractivity contribution is 5.31. The van der Waals surface area contributed by atoms with E-state index in [1.165, 1.54) is 6.42 Å². The van der Waals surface area contributed by atoms with Gasteiger partial charge in [-0.15, -0.1) is 0 Å². The first kappa shape index (κ1) is 16.0. The molecule has 1 N–H and O–H groups in total. The first-order valence-electron chi connectivity index (χ1n) is 7.97. The van der Waals surface area contributed by atoms with Crippen LogP contribution in [0.4, 0.5) is 0 Å². The highest BCUT2D eigenvalue weighted by atomic mass is 15.1. The average molecular weight is 285 g/mol. The fourth-order valence-corrected chi connectivity index (χ4v) is 3.61. The van der Waals surface area contributed by atoms with Crippen LogP contribution >= 0.6 is 0 Å². The van der Waals surface area contributed by atoms with Crippen LogP contribution in [0, 0.1) is 23.2 Å². The number of hydrogen-bond acceptors (Lipinski definition) is 3. The normalized spacial score (nSPS) is 26.0. The van der Waals surface area contributed by atoms with Gasteiger partial charge in [0.05, 0.1) is 6.07 Å². The Labute approximate surface area is 129 Å². The van der Waals surface area contributed by atoms with E-state index in [1.54, 1.807) is 0 Å². The van der Waals surface area contributed by atoms with Crippen LogP contribution in [0.25, 0.3) is 0 Å². The lowest BCUT2D eigenvalue weighted by atomic mass is 9.86. The highest BCUT2D eigenvalue weighted by Gasteiger charge is 2.31. The van der Waals surface area contributed by atoms with E-state index in [9.17, 15) is 5.26 Å². The lowest BCUT2D eigenvalue weighted by molar-refractivity contribution is 0.131. The molecule has 3 nitrogen and oxygen atoms in total. The van der Waals surface area contributed by atoms with Crippen LogP contribution in [0.2, 0.25) is 0 Å². The number of piperidine rings is 1. The molecule has 3 unspecified atom stereocenters. The molecule has 114 valence electrons. The van der Waals surface area contributed by atoms with Crippen LogP contribution in [0.1, 0.15) is 32.3 Å². The molecule has 0 bridgehead atoms. The standard InChI is InChI=1S/C18H27N3/c1-15-11-16(2)13-21(12-15)10-9-18(14-19,20-3)17-7-5-4-6-8-17/h4-8,15-16,20H,9-13H2,1-3H3. The molecule has 0 spiro atoms. The van der Waals surface area contributed by atoms with Crippen molar-refractivity contribution >= 4 is 0 Å². The van der Waals surface area contributed by atoms with E-state index in [1.807, 2.05) is 37.4 Å². The van der Waals surface area contributed by atoms with E-state index >= 15 is 0 Å². The monoisotopic (exact) mass is 285 g/mol. The Morgan fingerprint density at radius 3 is 2.38 bits per heavy atom. The third-order valence-electron chi connectivity index (χ3n) is 4.63. The lowest BCUT2D eigenvalue weighted by Gasteiger charge is -2.37. The van der Waals surface area contributed by atoms with Crippen molar-refractivity contribution in [2.45, 2.75) is 32.2 Å². The first-order chi connectivity index (χ1) is 10.1. The molecular weight excluding hydrogens is 258 g/mol. The van der Waals surface area contributed by atoms with E-state index in [-0.39, 0.29) is 0 Å². The molecule has 3 atom stereocenters. The Kier molecular flexibility index (Phi) is 5.39. The van der Waals surface area contributed by atoms with Crippen molar-refractivity contribution in [2.24, 2.45) is 11.8 Å². The third-order valence-corrected chi connectivity index (χ3v) is 4.63. The molecule has 1 heterocycles. The zero-order valence-corrected chi connectivity index (χ0v) is 13.5. The molecule has 1 saturated heterocycles. The summed E-state index contributed by atoms with van der Waals surface area (Å²) >= 11 is 0. The van der Waals surface area contributed by atoms with Crippen LogP contribution in [-0.2, 0) is 5.54 Å². The summed E-state index contributed by atoms with van der Waals surface area (Å²) < 4.78 is 0. The van der Waals surface area contributed by atoms with Gasteiger partial charge in [-0.1, -0.05) is 44.2 Å². The molecule has 0 saturated carbocycles. The third kappa shape index (κ3) is 3.84. The number of nitrogens with zero attached hydrogens (tertiary/aromatic N) is 2. The van der Waals surface area contributed by atoms with Gasteiger partial charge in [0, 0.05) is 19.6 Å². The second-order valence-electron chi connectivity index (χ2n) is 6.59. The van der Waals surface area contributed by atoms with Gasteiger partial charge < -0.3 is 4.90 Å². The maximum Gasteiger partial charge on any atom is 0.133 e. The number of hydrogen-bond donors (Lipinski definition) is 1. The molecule has 1 aliphatic rings. The minimum Gasteiger partial charge on any atom is -0.303 e. The van der Waals surface area contributed by atoms with Gasteiger partial charge in [-0.05, 0) is 37.3 Å². The van der Waals surface area contributed by atoms with E-state index in [0.717, 1.165) is 43.5 Å². The summed E-state index contributed by atoms with van der Waals surface area (Å²) in [5, 5.41) is 13.0. The number of benzene rings is 1. The van der Waals surface area contributed by atoms with Gasteiger partial charge in [0.15, 0.2) is 0 Å². The zero-order valence-electron chi connectivity index (χ0n) is 13.5. The van der Waals surface area contributed by atoms with Gasteiger partial charge in [-0.3, -0.25) is 5.32 Å². The Hall–Kier alpha value is -1.37. The average Bonchev–Trinajstić information content (AvgIpc) is 2.49. The minimum atomic E-state index is -0.578. The van der Waals surface area contributed by atoms with Crippen molar-refractivity contribution in [3.8, 4) is 6.07 Å². The van der Waals surface area contributed by atoms with E-state index < -0.39 is 5.54 Å². The molecule has 0 radical (unpaired) electrons. The SMILES string of the molecule is CNC(C#N)(CCN1CC(C)CC(C)C1)c1ccccc1. The topological polar surface area (TPSA) is 39.1 Å². The molecule has 21 heavy (non-hydrogen) atoms. The van der Waals surface area contributed by atoms with Crippen LogP contribution in [0.15, 0.2) is 30.3 Å². The number of rotatable bonds is 5. The zero-order chi connectivity index (χ0) is 15.3. The molecule has 1 aliphatic heterocycles. The van der Waals surface area contributed by atoms with E-state index in [2.05, 4.69) is 30.1 Å². The molecule has 1 fully saturated rings. The summed E-state index contributed by atoms with van der Waals surface area (Å²) in [6, 6.07) is 12.6. The minimum absolute atomic E-state index is 0.578. The molecule has 3 heteroatoms. The van der Waals surface area contributed by atoms with Crippen LogP contribution in [0.5, 0.6) is 0 Å². The first-order valence-corrected chi connectivity index (χ1v) is 7.97. The fraction of sp³-hybridized carbons (Fsp3) is 0.611. The van der Waals surface area contributed by atoms with Crippen molar-refractivity contribution in [1.29, 1.82) is 5.26 Å². The van der Waals surface area contributed by atoms with E-state index in [0.29, 0.717) is 0 Å². The van der Waals surface area contributed by atoms with Gasteiger partial charge >= 0.3 is 0 Å². The van der Waals surface area contributed by atoms with Crippen LogP contribution in [0.3, 0.4) is 0 Å². The lowest BCUT2D eigenvalue weighted by Crippen LogP contribution is -2.45. The molecule has 0 aliphatic carbocycles. The van der Waals surface area contributed by atoms with Crippen LogP contribution < -0.4 is 5.32 Å². The Balaban J connectivity index is 2.06. The predicted octanol–water partition coefficient (Wildman–Crippen LogP) is 2.99. The Morgan fingerprint density at radius 1 is 1.24 bits per heavy atom. The highest BCUT2D eigenvalue weighted by Crippen LogP contribution is 2.27. The summed E-state index contributed by atoms with van der Waals surface area (Å²) in [7, 11) is 1.89. The van der Waals surface area contributed by atoms with Gasteiger partial charge in [-0.25, -0.2) is 0 Å². The van der Waals surface area contributed by atoms with Crippen LogP contribution in [-0.4, -0.2) is 31.6 Å². The van der Waals surface area contributed by atoms with Crippen molar-refractivity contribution in [3.63, 3.8) is 0 Å². The molecule has 1 aromatic rings. The molecule has 0 aromatic heterocycles. The van der Waals surface area contributed by atoms with Crippen molar-refractivity contribution in [2.75, 3.05) is 26.7 Å². The van der Waals surface area contributed by atoms with Gasteiger partial charge in [-0.2, -0.15) is 5.26 Å². The number of nitriles is 1. The summed E-state index contributed by atoms with van der Waals surface area (Å²) in [6.07, 6.45) is 2.15. The maximum atomic E-state index is 9.73. The fourth-order valence-electron chi connectivity index (χ4n) is 3.61. The molecular formula is C18H27N3. The second kappa shape index (κ2) is 7.06.